The predicted molar refractivity (Wildman–Crippen MR) is 148 cm³/mol. The number of aliphatic imine (C=N–C) groups is 1. The number of carboxylic acid groups (broad SMARTS) is 1. The van der Waals surface area contributed by atoms with Crippen LogP contribution in [0.3, 0.4) is 0 Å². The van der Waals surface area contributed by atoms with E-state index < -0.39 is 21.9 Å². The van der Waals surface area contributed by atoms with Crippen LogP contribution in [0.1, 0.15) is 12.5 Å². The average Bonchev–Trinajstić information content (AvgIpc) is 3.22. The summed E-state index contributed by atoms with van der Waals surface area (Å²) in [5.41, 5.74) is 3.05. The standard InChI is InChI=1S/C26H28N6O6S/c1-16-14-19(31(15-21(33)34)13-12-27-39(4,37)38)10-11-20(16)28-23-17(2)22-24(30(3)26(23)36)29-32(25(22)35)18-8-6-5-7-9-18/h5-11,14,27H,12-13,15H2,1-4H3,(H,33,34). The first kappa shape index (κ1) is 27.7. The van der Waals surface area contributed by atoms with Gasteiger partial charge in [0.05, 0.1) is 23.2 Å². The minimum atomic E-state index is -3.42. The van der Waals surface area contributed by atoms with E-state index in [1.807, 2.05) is 6.07 Å². The molecule has 0 fully saturated rings. The van der Waals surface area contributed by atoms with E-state index >= 15 is 0 Å². The van der Waals surface area contributed by atoms with Gasteiger partial charge in [0.2, 0.25) is 10.0 Å². The molecule has 0 aliphatic carbocycles. The van der Waals surface area contributed by atoms with Crippen LogP contribution in [0.15, 0.2) is 69.8 Å². The smallest absolute Gasteiger partial charge is 0.323 e. The van der Waals surface area contributed by atoms with Crippen LogP contribution >= 0.6 is 0 Å². The third-order valence-corrected chi connectivity index (χ3v) is 6.96. The maximum atomic E-state index is 13.3. The Balaban J connectivity index is 1.66. The quantitative estimate of drug-likeness (QED) is 0.480. The molecule has 39 heavy (non-hydrogen) atoms. The van der Waals surface area contributed by atoms with Crippen LogP contribution in [0, 0.1) is 6.92 Å². The summed E-state index contributed by atoms with van der Waals surface area (Å²) in [5.74, 6) is -1.59. The molecule has 0 unspecified atom stereocenters. The maximum absolute atomic E-state index is 13.3. The SMILES string of the molecule is CC1=C2C(=O)N(c3ccccc3)N=C2N(C)C(=O)C1=Nc1ccc(N(CCNS(C)(=O)=O)CC(=O)O)cc1C. The second-order valence-electron chi connectivity index (χ2n) is 9.15. The molecule has 0 bridgehead atoms. The highest BCUT2D eigenvalue weighted by Gasteiger charge is 2.42. The Labute approximate surface area is 226 Å². The van der Waals surface area contributed by atoms with Gasteiger partial charge in [-0.1, -0.05) is 18.2 Å². The number of hydrogen-bond donors (Lipinski definition) is 2. The van der Waals surface area contributed by atoms with Crippen molar-refractivity contribution in [3.8, 4) is 0 Å². The van der Waals surface area contributed by atoms with E-state index in [0.29, 0.717) is 33.8 Å². The largest absolute Gasteiger partial charge is 0.480 e. The number of hydrazone groups is 1. The van der Waals surface area contributed by atoms with E-state index in [1.54, 1.807) is 56.3 Å². The van der Waals surface area contributed by atoms with Gasteiger partial charge in [0.15, 0.2) is 5.84 Å². The molecule has 0 saturated heterocycles. The Morgan fingerprint density at radius 2 is 1.79 bits per heavy atom. The van der Waals surface area contributed by atoms with Crippen LogP contribution in [0.25, 0.3) is 0 Å². The highest BCUT2D eigenvalue weighted by Crippen LogP contribution is 2.32. The zero-order chi connectivity index (χ0) is 28.5. The van der Waals surface area contributed by atoms with Crippen LogP contribution in [0.5, 0.6) is 0 Å². The minimum absolute atomic E-state index is 0.0285. The van der Waals surface area contributed by atoms with Gasteiger partial charge in [-0.25, -0.2) is 18.1 Å². The lowest BCUT2D eigenvalue weighted by Gasteiger charge is -2.25. The number of carbonyl (C=O) groups excluding carboxylic acids is 2. The fourth-order valence-electron chi connectivity index (χ4n) is 4.28. The number of para-hydroxylation sites is 1. The van der Waals surface area contributed by atoms with Gasteiger partial charge in [0, 0.05) is 25.8 Å². The zero-order valence-corrected chi connectivity index (χ0v) is 22.7. The summed E-state index contributed by atoms with van der Waals surface area (Å²) in [6.45, 7) is 3.24. The molecule has 2 aromatic rings. The lowest BCUT2D eigenvalue weighted by molar-refractivity contribution is -0.135. The van der Waals surface area contributed by atoms with E-state index in [-0.39, 0.29) is 37.1 Å². The number of carboxylic acids is 1. The number of carbonyl (C=O) groups is 3. The molecule has 4 rings (SSSR count). The third-order valence-electron chi connectivity index (χ3n) is 6.23. The first-order chi connectivity index (χ1) is 18.4. The van der Waals surface area contributed by atoms with E-state index in [1.165, 1.54) is 21.9 Å². The summed E-state index contributed by atoms with van der Waals surface area (Å²) in [6, 6.07) is 13.9. The molecule has 0 saturated carbocycles. The van der Waals surface area contributed by atoms with E-state index in [0.717, 1.165) is 6.26 Å². The van der Waals surface area contributed by atoms with Gasteiger partial charge in [-0.3, -0.25) is 19.3 Å². The van der Waals surface area contributed by atoms with Gasteiger partial charge < -0.3 is 10.0 Å². The third kappa shape index (κ3) is 5.89. The number of anilines is 2. The highest BCUT2D eigenvalue weighted by atomic mass is 32.2. The number of aliphatic carboxylic acids is 1. The zero-order valence-electron chi connectivity index (χ0n) is 21.9. The summed E-state index contributed by atoms with van der Waals surface area (Å²) in [4.78, 5) is 45.4. The number of nitrogens with zero attached hydrogens (tertiary/aromatic N) is 5. The summed E-state index contributed by atoms with van der Waals surface area (Å²) >= 11 is 0. The first-order valence-electron chi connectivity index (χ1n) is 12.0. The summed E-state index contributed by atoms with van der Waals surface area (Å²) in [5, 5.41) is 15.0. The number of nitrogens with one attached hydrogen (secondary N) is 1. The topological polar surface area (TPSA) is 152 Å². The molecule has 13 heteroatoms. The molecule has 0 aromatic heterocycles. The summed E-state index contributed by atoms with van der Waals surface area (Å²) in [7, 11) is -1.89. The molecule has 12 nitrogen and oxygen atoms in total. The molecular weight excluding hydrogens is 524 g/mol. The van der Waals surface area contributed by atoms with Gasteiger partial charge >= 0.3 is 5.97 Å². The Morgan fingerprint density at radius 1 is 1.10 bits per heavy atom. The second-order valence-corrected chi connectivity index (χ2v) is 11.0. The van der Waals surface area contributed by atoms with Gasteiger partial charge in [-0.05, 0) is 55.3 Å². The van der Waals surface area contributed by atoms with Gasteiger partial charge in [-0.15, -0.1) is 5.10 Å². The number of sulfonamides is 1. The lowest BCUT2D eigenvalue weighted by Crippen LogP contribution is -2.44. The van der Waals surface area contributed by atoms with Gasteiger partial charge in [-0.2, -0.15) is 5.01 Å². The number of amidine groups is 1. The average molecular weight is 553 g/mol. The van der Waals surface area contributed by atoms with E-state index in [2.05, 4.69) is 14.8 Å². The monoisotopic (exact) mass is 552 g/mol. The molecule has 2 amide bonds. The number of aryl methyl sites for hydroxylation is 1. The van der Waals surface area contributed by atoms with Crippen molar-refractivity contribution in [3.63, 3.8) is 0 Å². The minimum Gasteiger partial charge on any atom is -0.480 e. The van der Waals surface area contributed by atoms with E-state index in [4.69, 9.17) is 0 Å². The molecule has 0 atom stereocenters. The number of fused-ring (bicyclic) bond motifs is 1. The second kappa shape index (κ2) is 10.8. The van der Waals surface area contributed by atoms with Crippen molar-refractivity contribution >= 4 is 56.4 Å². The molecule has 2 heterocycles. The summed E-state index contributed by atoms with van der Waals surface area (Å²) in [6.07, 6.45) is 1.03. The fraction of sp³-hybridized carbons (Fsp3) is 0.269. The number of rotatable bonds is 9. The molecule has 2 aromatic carbocycles. The summed E-state index contributed by atoms with van der Waals surface area (Å²) < 4.78 is 25.1. The maximum Gasteiger partial charge on any atom is 0.323 e. The fourth-order valence-corrected chi connectivity index (χ4v) is 4.74. The van der Waals surface area contributed by atoms with Crippen LogP contribution in [-0.2, 0) is 24.4 Å². The molecule has 0 radical (unpaired) electrons. The van der Waals surface area contributed by atoms with Crippen molar-refractivity contribution in [2.75, 3.05) is 42.8 Å². The van der Waals surface area contributed by atoms with Gasteiger partial charge in [0.1, 0.15) is 12.3 Å². The van der Waals surface area contributed by atoms with Crippen molar-refractivity contribution < 1.29 is 27.9 Å². The van der Waals surface area contributed by atoms with Crippen LogP contribution < -0.4 is 14.6 Å². The van der Waals surface area contributed by atoms with Crippen LogP contribution in [-0.4, -0.2) is 80.7 Å². The number of hydrogen-bond acceptors (Lipinski definition) is 8. The Bertz CT molecular complexity index is 1550. The van der Waals surface area contributed by atoms with E-state index in [9.17, 15) is 27.9 Å². The predicted octanol–water partition coefficient (Wildman–Crippen LogP) is 1.66. The van der Waals surface area contributed by atoms with Crippen molar-refractivity contribution in [3.05, 3.63) is 65.2 Å². The van der Waals surface area contributed by atoms with Crippen molar-refractivity contribution in [2.24, 2.45) is 10.1 Å². The van der Waals surface area contributed by atoms with Crippen molar-refractivity contribution in [1.29, 1.82) is 0 Å². The first-order valence-corrected chi connectivity index (χ1v) is 13.8. The molecule has 2 aliphatic rings. The molecule has 0 spiro atoms. The Morgan fingerprint density at radius 3 is 2.41 bits per heavy atom. The normalized spacial score (nSPS) is 16.6. The van der Waals surface area contributed by atoms with Crippen LogP contribution in [0.2, 0.25) is 0 Å². The van der Waals surface area contributed by atoms with Crippen molar-refractivity contribution in [1.82, 2.24) is 9.62 Å². The molecule has 204 valence electrons. The molecular formula is C26H28N6O6S. The number of likely N-dealkylation sites (N-methyl/N-ethyl adjacent to an activating group) is 1. The number of amides is 2. The number of benzene rings is 2. The molecule has 2 N–H and O–H groups in total. The van der Waals surface area contributed by atoms with Gasteiger partial charge in [0.25, 0.3) is 11.8 Å². The highest BCUT2D eigenvalue weighted by molar-refractivity contribution is 7.88. The van der Waals surface area contributed by atoms with Crippen molar-refractivity contribution in [2.45, 2.75) is 13.8 Å². The Hall–Kier alpha value is -4.36. The molecule has 2 aliphatic heterocycles. The lowest BCUT2D eigenvalue weighted by atomic mass is 9.97. The van der Waals surface area contributed by atoms with Crippen LogP contribution in [0.4, 0.5) is 17.1 Å². The Kier molecular flexibility index (Phi) is 7.65.